The minimum atomic E-state index is -0.0324. The largest absolute Gasteiger partial charge is 0.299 e. The normalized spacial score (nSPS) is 19.3. The summed E-state index contributed by atoms with van der Waals surface area (Å²) in [6.45, 7) is 6.08. The standard InChI is InChI=1S/C14H20N6OS/c1-9-6-12(18-16-9)11-4-3-5-20(7-11)8-13(21)15-14-19-17-10(2)22-14/h6,11H,3-5,7-8H2,1-2H3,(H,16,18)(H,15,19,21). The van der Waals surface area contributed by atoms with Crippen molar-refractivity contribution in [3.05, 3.63) is 22.5 Å². The van der Waals surface area contributed by atoms with Crippen LogP contribution in [0.15, 0.2) is 6.07 Å². The van der Waals surface area contributed by atoms with E-state index in [0.717, 1.165) is 42.3 Å². The number of aryl methyl sites for hydroxylation is 2. The van der Waals surface area contributed by atoms with Crippen molar-refractivity contribution >= 4 is 22.4 Å². The summed E-state index contributed by atoms with van der Waals surface area (Å²) in [4.78, 5) is 14.3. The third-order valence-electron chi connectivity index (χ3n) is 3.79. The fourth-order valence-electron chi connectivity index (χ4n) is 2.80. The van der Waals surface area contributed by atoms with Crippen molar-refractivity contribution in [1.82, 2.24) is 25.3 Å². The van der Waals surface area contributed by atoms with Gasteiger partial charge in [0.2, 0.25) is 11.0 Å². The van der Waals surface area contributed by atoms with E-state index in [-0.39, 0.29) is 5.91 Å². The summed E-state index contributed by atoms with van der Waals surface area (Å²) < 4.78 is 0. The maximum Gasteiger partial charge on any atom is 0.240 e. The molecule has 2 aromatic heterocycles. The molecule has 0 saturated carbocycles. The zero-order valence-electron chi connectivity index (χ0n) is 12.8. The van der Waals surface area contributed by atoms with Gasteiger partial charge in [-0.05, 0) is 39.3 Å². The van der Waals surface area contributed by atoms with Crippen LogP contribution in [-0.4, -0.2) is 50.8 Å². The number of hydrogen-bond donors (Lipinski definition) is 2. The first-order valence-electron chi connectivity index (χ1n) is 7.44. The van der Waals surface area contributed by atoms with E-state index in [1.54, 1.807) is 0 Å². The smallest absolute Gasteiger partial charge is 0.240 e. The Labute approximate surface area is 133 Å². The summed E-state index contributed by atoms with van der Waals surface area (Å²) >= 11 is 1.39. The van der Waals surface area contributed by atoms with Gasteiger partial charge in [0, 0.05) is 18.2 Å². The van der Waals surface area contributed by atoms with E-state index >= 15 is 0 Å². The SMILES string of the molecule is Cc1cc(C2CCCN(CC(=O)Nc3nnc(C)s3)C2)n[nH]1. The zero-order valence-corrected chi connectivity index (χ0v) is 13.6. The molecule has 2 N–H and O–H groups in total. The summed E-state index contributed by atoms with van der Waals surface area (Å²) in [7, 11) is 0. The van der Waals surface area contributed by atoms with Gasteiger partial charge in [-0.1, -0.05) is 11.3 Å². The Bertz CT molecular complexity index is 651. The van der Waals surface area contributed by atoms with E-state index in [2.05, 4.69) is 36.7 Å². The van der Waals surface area contributed by atoms with Crippen molar-refractivity contribution in [3.8, 4) is 0 Å². The summed E-state index contributed by atoms with van der Waals surface area (Å²) in [6, 6.07) is 2.10. The molecule has 118 valence electrons. The number of carbonyl (C=O) groups is 1. The molecule has 1 unspecified atom stereocenters. The molecule has 8 heteroatoms. The Kier molecular flexibility index (Phi) is 4.49. The minimum absolute atomic E-state index is 0.0324. The Balaban J connectivity index is 1.54. The Morgan fingerprint density at radius 2 is 2.36 bits per heavy atom. The highest BCUT2D eigenvalue weighted by molar-refractivity contribution is 7.15. The van der Waals surface area contributed by atoms with Crippen LogP contribution in [0.25, 0.3) is 0 Å². The predicted molar refractivity (Wildman–Crippen MR) is 85.0 cm³/mol. The molecule has 1 amide bonds. The van der Waals surface area contributed by atoms with Gasteiger partial charge in [0.25, 0.3) is 0 Å². The monoisotopic (exact) mass is 320 g/mol. The molecule has 1 fully saturated rings. The Hall–Kier alpha value is -1.80. The van der Waals surface area contributed by atoms with Gasteiger partial charge in [-0.15, -0.1) is 10.2 Å². The van der Waals surface area contributed by atoms with Crippen LogP contribution in [0.5, 0.6) is 0 Å². The van der Waals surface area contributed by atoms with E-state index in [0.29, 0.717) is 17.6 Å². The summed E-state index contributed by atoms with van der Waals surface area (Å²) in [5.41, 5.74) is 2.18. The third-order valence-corrected chi connectivity index (χ3v) is 4.54. The molecular weight excluding hydrogens is 300 g/mol. The molecule has 1 saturated heterocycles. The number of anilines is 1. The van der Waals surface area contributed by atoms with Crippen molar-refractivity contribution in [2.75, 3.05) is 25.0 Å². The molecular formula is C14H20N6OS. The number of nitrogens with one attached hydrogen (secondary N) is 2. The van der Waals surface area contributed by atoms with Crippen LogP contribution in [-0.2, 0) is 4.79 Å². The molecule has 1 atom stereocenters. The van der Waals surface area contributed by atoms with Crippen molar-refractivity contribution in [3.63, 3.8) is 0 Å². The number of H-pyrrole nitrogens is 1. The second-order valence-electron chi connectivity index (χ2n) is 5.72. The van der Waals surface area contributed by atoms with Gasteiger partial charge in [0.05, 0.1) is 12.2 Å². The number of hydrogen-bond acceptors (Lipinski definition) is 6. The lowest BCUT2D eigenvalue weighted by Crippen LogP contribution is -2.39. The van der Waals surface area contributed by atoms with Crippen molar-refractivity contribution < 1.29 is 4.79 Å². The number of aromatic nitrogens is 4. The topological polar surface area (TPSA) is 86.8 Å². The van der Waals surface area contributed by atoms with Crippen molar-refractivity contribution in [2.24, 2.45) is 0 Å². The van der Waals surface area contributed by atoms with E-state index in [9.17, 15) is 4.79 Å². The molecule has 0 spiro atoms. The molecule has 7 nitrogen and oxygen atoms in total. The molecule has 0 bridgehead atoms. The van der Waals surface area contributed by atoms with Crippen LogP contribution in [0.2, 0.25) is 0 Å². The number of likely N-dealkylation sites (tertiary alicyclic amines) is 1. The van der Waals surface area contributed by atoms with Gasteiger partial charge >= 0.3 is 0 Å². The lowest BCUT2D eigenvalue weighted by molar-refractivity contribution is -0.117. The molecule has 0 radical (unpaired) electrons. The molecule has 1 aliphatic rings. The highest BCUT2D eigenvalue weighted by atomic mass is 32.1. The molecule has 1 aliphatic heterocycles. The van der Waals surface area contributed by atoms with Crippen LogP contribution in [0.4, 0.5) is 5.13 Å². The quantitative estimate of drug-likeness (QED) is 0.895. The summed E-state index contributed by atoms with van der Waals surface area (Å²) in [6.07, 6.45) is 2.21. The fraction of sp³-hybridized carbons (Fsp3) is 0.571. The highest BCUT2D eigenvalue weighted by Crippen LogP contribution is 2.25. The van der Waals surface area contributed by atoms with Gasteiger partial charge in [0.1, 0.15) is 5.01 Å². The Morgan fingerprint density at radius 1 is 1.50 bits per heavy atom. The second kappa shape index (κ2) is 6.53. The molecule has 22 heavy (non-hydrogen) atoms. The first kappa shape index (κ1) is 15.1. The van der Waals surface area contributed by atoms with E-state index in [1.807, 2.05) is 13.8 Å². The van der Waals surface area contributed by atoms with Crippen molar-refractivity contribution in [2.45, 2.75) is 32.6 Å². The fourth-order valence-corrected chi connectivity index (χ4v) is 3.41. The van der Waals surface area contributed by atoms with Gasteiger partial charge in [-0.2, -0.15) is 5.10 Å². The van der Waals surface area contributed by atoms with Crippen LogP contribution < -0.4 is 5.32 Å². The highest BCUT2D eigenvalue weighted by Gasteiger charge is 2.24. The van der Waals surface area contributed by atoms with Crippen LogP contribution in [0.3, 0.4) is 0 Å². The van der Waals surface area contributed by atoms with E-state index in [4.69, 9.17) is 0 Å². The average Bonchev–Trinajstić information content (AvgIpc) is 3.08. The maximum atomic E-state index is 12.1. The average molecular weight is 320 g/mol. The first-order chi connectivity index (χ1) is 10.6. The third kappa shape index (κ3) is 3.69. The second-order valence-corrected chi connectivity index (χ2v) is 6.91. The predicted octanol–water partition coefficient (Wildman–Crippen LogP) is 1.70. The number of rotatable bonds is 4. The number of piperidine rings is 1. The maximum absolute atomic E-state index is 12.1. The van der Waals surface area contributed by atoms with Gasteiger partial charge in [-0.3, -0.25) is 20.1 Å². The van der Waals surface area contributed by atoms with E-state index < -0.39 is 0 Å². The lowest BCUT2D eigenvalue weighted by Gasteiger charge is -2.31. The molecule has 2 aromatic rings. The van der Waals surface area contributed by atoms with Gasteiger partial charge in [0.15, 0.2) is 0 Å². The van der Waals surface area contributed by atoms with Crippen LogP contribution in [0, 0.1) is 13.8 Å². The molecule has 3 rings (SSSR count). The number of aromatic amines is 1. The molecule has 3 heterocycles. The van der Waals surface area contributed by atoms with Crippen molar-refractivity contribution in [1.29, 1.82) is 0 Å². The number of carbonyl (C=O) groups excluding carboxylic acids is 1. The Morgan fingerprint density at radius 3 is 3.05 bits per heavy atom. The molecule has 0 aliphatic carbocycles. The summed E-state index contributed by atoms with van der Waals surface area (Å²) in [5, 5.41) is 19.4. The van der Waals surface area contributed by atoms with Gasteiger partial charge in [-0.25, -0.2) is 0 Å². The van der Waals surface area contributed by atoms with E-state index in [1.165, 1.54) is 11.3 Å². The van der Waals surface area contributed by atoms with Crippen LogP contribution in [0.1, 0.15) is 35.2 Å². The lowest BCUT2D eigenvalue weighted by atomic mass is 9.94. The number of amides is 1. The summed E-state index contributed by atoms with van der Waals surface area (Å²) in [5.74, 6) is 0.366. The first-order valence-corrected chi connectivity index (χ1v) is 8.26. The van der Waals surface area contributed by atoms with Crippen LogP contribution >= 0.6 is 11.3 Å². The van der Waals surface area contributed by atoms with Gasteiger partial charge < -0.3 is 0 Å². The molecule has 0 aromatic carbocycles. The zero-order chi connectivity index (χ0) is 15.5. The number of nitrogens with zero attached hydrogens (tertiary/aromatic N) is 4. The minimum Gasteiger partial charge on any atom is -0.299 e.